The van der Waals surface area contributed by atoms with Gasteiger partial charge in [-0.05, 0) is 43.6 Å². The summed E-state index contributed by atoms with van der Waals surface area (Å²) in [6, 6.07) is 21.2. The second kappa shape index (κ2) is 11.1. The molecule has 1 unspecified atom stereocenters. The molecule has 2 aromatic carbocycles. The van der Waals surface area contributed by atoms with E-state index in [0.717, 1.165) is 24.3 Å². The maximum Gasteiger partial charge on any atom is 0.241 e. The van der Waals surface area contributed by atoms with E-state index >= 15 is 0 Å². The molecule has 1 heterocycles. The molecule has 0 fully saturated rings. The molecule has 7 heteroatoms. The number of aryl methyl sites for hydroxylation is 1. The molecule has 7 nitrogen and oxygen atoms in total. The van der Waals surface area contributed by atoms with Crippen LogP contribution in [0, 0.1) is 11.3 Å². The van der Waals surface area contributed by atoms with E-state index in [1.54, 1.807) is 4.68 Å². The smallest absolute Gasteiger partial charge is 0.241 e. The van der Waals surface area contributed by atoms with E-state index < -0.39 is 0 Å². The van der Waals surface area contributed by atoms with E-state index in [1.807, 2.05) is 60.7 Å². The highest BCUT2D eigenvalue weighted by Crippen LogP contribution is 2.22. The predicted octanol–water partition coefficient (Wildman–Crippen LogP) is 3.46. The Morgan fingerprint density at radius 2 is 1.75 bits per heavy atom. The number of likely N-dealkylation sites (N-methyl/N-ethyl adjacent to an activating group) is 1. The van der Waals surface area contributed by atoms with Crippen LogP contribution in [0.1, 0.15) is 43.1 Å². The molecule has 0 aliphatic heterocycles. The number of nitrogens with one attached hydrogen (secondary N) is 1. The minimum Gasteiger partial charge on any atom is -0.382 e. The second-order valence-corrected chi connectivity index (χ2v) is 7.50. The number of rotatable bonds is 10. The van der Waals surface area contributed by atoms with Gasteiger partial charge in [0, 0.05) is 6.54 Å². The van der Waals surface area contributed by atoms with Gasteiger partial charge in [-0.2, -0.15) is 10.4 Å². The zero-order valence-corrected chi connectivity index (χ0v) is 18.7. The van der Waals surface area contributed by atoms with Gasteiger partial charge in [0.1, 0.15) is 23.5 Å². The van der Waals surface area contributed by atoms with Crippen molar-refractivity contribution in [3.05, 3.63) is 77.5 Å². The molecule has 3 aromatic rings. The molecule has 32 heavy (non-hydrogen) atoms. The number of nitrogens with two attached hydrogens (primary N) is 1. The van der Waals surface area contributed by atoms with Crippen LogP contribution in [0.25, 0.3) is 5.69 Å². The third-order valence-electron chi connectivity index (χ3n) is 5.54. The van der Waals surface area contributed by atoms with Crippen LogP contribution in [0.5, 0.6) is 0 Å². The van der Waals surface area contributed by atoms with Gasteiger partial charge in [0.2, 0.25) is 5.91 Å². The van der Waals surface area contributed by atoms with Gasteiger partial charge in [-0.15, -0.1) is 0 Å². The summed E-state index contributed by atoms with van der Waals surface area (Å²) in [5.41, 5.74) is 9.00. The number of nitrogens with zero attached hydrogens (tertiary/aromatic N) is 4. The first kappa shape index (κ1) is 23.0. The van der Waals surface area contributed by atoms with E-state index in [9.17, 15) is 10.1 Å². The lowest BCUT2D eigenvalue weighted by Gasteiger charge is -2.29. The van der Waals surface area contributed by atoms with Gasteiger partial charge >= 0.3 is 0 Å². The monoisotopic (exact) mass is 430 g/mol. The molecule has 166 valence electrons. The van der Waals surface area contributed by atoms with Gasteiger partial charge in [0.15, 0.2) is 0 Å². The summed E-state index contributed by atoms with van der Waals surface area (Å²) in [6.45, 7) is 6.18. The van der Waals surface area contributed by atoms with E-state index in [0.29, 0.717) is 36.5 Å². The topological polar surface area (TPSA) is 100.0 Å². The molecule has 3 N–H and O–H groups in total. The number of hydrogen-bond acceptors (Lipinski definition) is 5. The van der Waals surface area contributed by atoms with Crippen LogP contribution in [-0.2, 0) is 11.2 Å². The first-order chi connectivity index (χ1) is 15.6. The van der Waals surface area contributed by atoms with Crippen molar-refractivity contribution in [2.75, 3.05) is 25.4 Å². The average Bonchev–Trinajstić information content (AvgIpc) is 3.16. The number of aromatic nitrogens is 2. The van der Waals surface area contributed by atoms with E-state index in [4.69, 9.17) is 5.73 Å². The Bertz CT molecular complexity index is 1050. The van der Waals surface area contributed by atoms with Crippen LogP contribution in [0.15, 0.2) is 60.7 Å². The highest BCUT2D eigenvalue weighted by atomic mass is 16.2. The van der Waals surface area contributed by atoms with Crippen molar-refractivity contribution in [3.8, 4) is 11.8 Å². The number of amides is 1. The first-order valence-corrected chi connectivity index (χ1v) is 11.0. The van der Waals surface area contributed by atoms with Gasteiger partial charge in [-0.1, -0.05) is 62.4 Å². The third-order valence-corrected chi connectivity index (χ3v) is 5.54. The average molecular weight is 431 g/mol. The van der Waals surface area contributed by atoms with E-state index in [2.05, 4.69) is 35.2 Å². The summed E-state index contributed by atoms with van der Waals surface area (Å²) in [5.74, 6) is 0.318. The molecule has 1 atom stereocenters. The Hall–Kier alpha value is -3.63. The zero-order chi connectivity index (χ0) is 22.9. The normalized spacial score (nSPS) is 11.8. The molecule has 0 radical (unpaired) electrons. The van der Waals surface area contributed by atoms with Crippen LogP contribution in [0.2, 0.25) is 0 Å². The van der Waals surface area contributed by atoms with E-state index in [1.165, 1.54) is 0 Å². The van der Waals surface area contributed by atoms with Crippen molar-refractivity contribution in [2.24, 2.45) is 0 Å². The van der Waals surface area contributed by atoms with Crippen molar-refractivity contribution in [1.29, 1.82) is 5.26 Å². The molecular weight excluding hydrogens is 400 g/mol. The Morgan fingerprint density at radius 1 is 1.12 bits per heavy atom. The molecular formula is C25H30N6O. The molecule has 0 bridgehead atoms. The van der Waals surface area contributed by atoms with Gasteiger partial charge in [0.25, 0.3) is 0 Å². The lowest BCUT2D eigenvalue weighted by molar-refractivity contribution is -0.126. The summed E-state index contributed by atoms with van der Waals surface area (Å²) in [4.78, 5) is 15.2. The Morgan fingerprint density at radius 3 is 2.34 bits per heavy atom. The lowest BCUT2D eigenvalue weighted by Crippen LogP contribution is -2.41. The molecule has 0 aliphatic carbocycles. The number of anilines is 1. The van der Waals surface area contributed by atoms with Gasteiger partial charge < -0.3 is 11.1 Å². The summed E-state index contributed by atoms with van der Waals surface area (Å²) in [7, 11) is 0. The Kier molecular flexibility index (Phi) is 8.01. The number of carbonyl (C=O) groups is 1. The molecule has 1 amide bonds. The molecule has 0 saturated carbocycles. The molecule has 3 rings (SSSR count). The standard InChI is InChI=1S/C25H30N6O/c1-3-30(4-2)23(19-12-7-5-8-13-19)25(32)28-17-11-16-22-21(18-26)24(27)31(29-22)20-14-9-6-10-15-20/h5-10,12-15,23H,3-4,11,16-17,27H2,1-2H3,(H,28,32). The highest BCUT2D eigenvalue weighted by molar-refractivity contribution is 5.83. The fraction of sp³-hybridized carbons (Fsp3) is 0.320. The number of hydrogen-bond donors (Lipinski definition) is 2. The summed E-state index contributed by atoms with van der Waals surface area (Å²) >= 11 is 0. The quantitative estimate of drug-likeness (QED) is 0.480. The van der Waals surface area contributed by atoms with E-state index in [-0.39, 0.29) is 11.9 Å². The largest absolute Gasteiger partial charge is 0.382 e. The maximum absolute atomic E-state index is 13.0. The van der Waals surface area contributed by atoms with Crippen LogP contribution < -0.4 is 11.1 Å². The maximum atomic E-state index is 13.0. The van der Waals surface area contributed by atoms with Crippen LogP contribution >= 0.6 is 0 Å². The van der Waals surface area contributed by atoms with Gasteiger partial charge in [-0.3, -0.25) is 9.69 Å². The van der Waals surface area contributed by atoms with Crippen molar-refractivity contribution < 1.29 is 4.79 Å². The predicted molar refractivity (Wildman–Crippen MR) is 126 cm³/mol. The van der Waals surface area contributed by atoms with Crippen molar-refractivity contribution in [3.63, 3.8) is 0 Å². The fourth-order valence-corrected chi connectivity index (χ4v) is 3.86. The summed E-state index contributed by atoms with van der Waals surface area (Å²) < 4.78 is 1.60. The number of nitrogen functional groups attached to an aromatic ring is 1. The highest BCUT2D eigenvalue weighted by Gasteiger charge is 2.25. The molecule has 0 saturated heterocycles. The van der Waals surface area contributed by atoms with Crippen molar-refractivity contribution >= 4 is 11.7 Å². The van der Waals surface area contributed by atoms with Crippen molar-refractivity contribution in [1.82, 2.24) is 20.0 Å². The summed E-state index contributed by atoms with van der Waals surface area (Å²) in [6.07, 6.45) is 1.21. The van der Waals surface area contributed by atoms with Crippen LogP contribution in [0.3, 0.4) is 0 Å². The summed E-state index contributed by atoms with van der Waals surface area (Å²) in [5, 5.41) is 17.2. The van der Waals surface area contributed by atoms with Crippen molar-refractivity contribution in [2.45, 2.75) is 32.7 Å². The second-order valence-electron chi connectivity index (χ2n) is 7.50. The molecule has 0 aliphatic rings. The molecule has 1 aromatic heterocycles. The van der Waals surface area contributed by atoms with Gasteiger partial charge in [-0.25, -0.2) is 4.68 Å². The Balaban J connectivity index is 1.65. The number of benzene rings is 2. The third kappa shape index (κ3) is 5.16. The zero-order valence-electron chi connectivity index (χ0n) is 18.7. The Labute approximate surface area is 189 Å². The number of nitriles is 1. The van der Waals surface area contributed by atoms with Crippen LogP contribution in [-0.4, -0.2) is 40.2 Å². The SMILES string of the molecule is CCN(CC)C(C(=O)NCCCc1nn(-c2ccccc2)c(N)c1C#N)c1ccccc1. The minimum absolute atomic E-state index is 0.0188. The first-order valence-electron chi connectivity index (χ1n) is 11.0. The molecule has 0 spiro atoms. The lowest BCUT2D eigenvalue weighted by atomic mass is 10.0. The van der Waals surface area contributed by atoms with Gasteiger partial charge in [0.05, 0.1) is 11.4 Å². The number of para-hydroxylation sites is 1. The number of carbonyl (C=O) groups excluding carboxylic acids is 1. The minimum atomic E-state index is -0.325. The van der Waals surface area contributed by atoms with Crippen LogP contribution in [0.4, 0.5) is 5.82 Å². The fourth-order valence-electron chi connectivity index (χ4n) is 3.86.